The van der Waals surface area contributed by atoms with Crippen molar-refractivity contribution in [2.45, 2.75) is 53.1 Å². The maximum Gasteiger partial charge on any atom is 0.273 e. The molecule has 1 atom stereocenters. The molecule has 2 rings (SSSR count). The molecular formula is C15H22N4O2. The Labute approximate surface area is 124 Å². The minimum atomic E-state index is -0.209. The third-order valence-corrected chi connectivity index (χ3v) is 3.13. The number of nitrogens with one attached hydrogen (secondary N) is 1. The zero-order valence-corrected chi connectivity index (χ0v) is 13.2. The van der Waals surface area contributed by atoms with E-state index >= 15 is 0 Å². The number of carbonyl (C=O) groups excluding carboxylic acids is 1. The van der Waals surface area contributed by atoms with Crippen molar-refractivity contribution in [2.75, 3.05) is 0 Å². The Morgan fingerprint density at radius 2 is 2.10 bits per heavy atom. The van der Waals surface area contributed by atoms with Gasteiger partial charge in [0.2, 0.25) is 0 Å². The second-order valence-corrected chi connectivity index (χ2v) is 5.67. The fourth-order valence-corrected chi connectivity index (χ4v) is 2.06. The number of hydrogen-bond acceptors (Lipinski definition) is 4. The molecule has 0 spiro atoms. The zero-order chi connectivity index (χ0) is 15.6. The third kappa shape index (κ3) is 3.71. The van der Waals surface area contributed by atoms with Gasteiger partial charge in [-0.1, -0.05) is 13.8 Å². The molecule has 0 bridgehead atoms. The predicted octanol–water partition coefficient (Wildman–Crippen LogP) is 2.43. The molecule has 0 fully saturated rings. The summed E-state index contributed by atoms with van der Waals surface area (Å²) in [6.45, 7) is 10.2. The normalized spacial score (nSPS) is 12.7. The van der Waals surface area contributed by atoms with Crippen LogP contribution >= 0.6 is 0 Å². The molecule has 114 valence electrons. The minimum absolute atomic E-state index is 0.0459. The maximum atomic E-state index is 12.2. The number of rotatable bonds is 5. The van der Waals surface area contributed by atoms with E-state index in [4.69, 9.17) is 4.42 Å². The first kappa shape index (κ1) is 15.3. The molecule has 1 amide bonds. The van der Waals surface area contributed by atoms with Gasteiger partial charge >= 0.3 is 0 Å². The second kappa shape index (κ2) is 6.11. The number of aryl methyl sites for hydroxylation is 2. The van der Waals surface area contributed by atoms with E-state index in [2.05, 4.69) is 15.4 Å². The summed E-state index contributed by atoms with van der Waals surface area (Å²) >= 11 is 0. The largest absolute Gasteiger partial charge is 0.445 e. The minimum Gasteiger partial charge on any atom is -0.445 e. The van der Waals surface area contributed by atoms with Gasteiger partial charge in [0.25, 0.3) is 5.91 Å². The van der Waals surface area contributed by atoms with Gasteiger partial charge < -0.3 is 9.73 Å². The summed E-state index contributed by atoms with van der Waals surface area (Å²) in [6.07, 6.45) is 1.90. The van der Waals surface area contributed by atoms with Crippen LogP contribution in [0.3, 0.4) is 0 Å². The lowest BCUT2D eigenvalue weighted by atomic mass is 10.2. The molecule has 0 unspecified atom stereocenters. The van der Waals surface area contributed by atoms with Gasteiger partial charge in [0, 0.05) is 18.2 Å². The Morgan fingerprint density at radius 1 is 1.38 bits per heavy atom. The van der Waals surface area contributed by atoms with Gasteiger partial charge in [-0.3, -0.25) is 9.48 Å². The number of nitrogens with zero attached hydrogens (tertiary/aromatic N) is 3. The molecule has 21 heavy (non-hydrogen) atoms. The van der Waals surface area contributed by atoms with E-state index in [9.17, 15) is 4.79 Å². The number of amides is 1. The molecular weight excluding hydrogens is 268 g/mol. The monoisotopic (exact) mass is 290 g/mol. The van der Waals surface area contributed by atoms with Crippen molar-refractivity contribution in [3.05, 3.63) is 35.3 Å². The van der Waals surface area contributed by atoms with Gasteiger partial charge in [0.05, 0.1) is 12.2 Å². The number of carbonyl (C=O) groups is 1. The smallest absolute Gasteiger partial charge is 0.273 e. The molecule has 2 heterocycles. The lowest BCUT2D eigenvalue weighted by Gasteiger charge is -2.13. The Balaban J connectivity index is 2.00. The number of aromatic nitrogens is 3. The van der Waals surface area contributed by atoms with Crippen LogP contribution in [-0.2, 0) is 6.54 Å². The quantitative estimate of drug-likeness (QED) is 0.918. The van der Waals surface area contributed by atoms with E-state index in [1.165, 1.54) is 0 Å². The highest BCUT2D eigenvalue weighted by molar-refractivity contribution is 5.93. The second-order valence-electron chi connectivity index (χ2n) is 5.67. The molecule has 2 aromatic heterocycles. The van der Waals surface area contributed by atoms with Crippen molar-refractivity contribution in [1.82, 2.24) is 20.1 Å². The zero-order valence-electron chi connectivity index (χ0n) is 13.2. The van der Waals surface area contributed by atoms with Gasteiger partial charge in [-0.2, -0.15) is 5.10 Å². The highest BCUT2D eigenvalue weighted by Crippen LogP contribution is 2.17. The molecule has 0 aliphatic carbocycles. The van der Waals surface area contributed by atoms with Crippen LogP contribution in [0.25, 0.3) is 0 Å². The first-order valence-electron chi connectivity index (χ1n) is 7.15. The van der Waals surface area contributed by atoms with Gasteiger partial charge in [-0.05, 0) is 26.8 Å². The average molecular weight is 290 g/mol. The highest BCUT2D eigenvalue weighted by Gasteiger charge is 2.20. The molecule has 2 aromatic rings. The predicted molar refractivity (Wildman–Crippen MR) is 79.2 cm³/mol. The van der Waals surface area contributed by atoms with Crippen LogP contribution in [0.4, 0.5) is 0 Å². The van der Waals surface area contributed by atoms with E-state index in [0.717, 1.165) is 5.69 Å². The lowest BCUT2D eigenvalue weighted by molar-refractivity contribution is 0.0930. The summed E-state index contributed by atoms with van der Waals surface area (Å²) in [5.74, 6) is 1.10. The van der Waals surface area contributed by atoms with Crippen molar-refractivity contribution in [3.63, 3.8) is 0 Å². The van der Waals surface area contributed by atoms with Crippen molar-refractivity contribution in [2.24, 2.45) is 0 Å². The molecule has 0 saturated heterocycles. The van der Waals surface area contributed by atoms with Crippen molar-refractivity contribution in [3.8, 4) is 0 Å². The van der Waals surface area contributed by atoms with Gasteiger partial charge in [0.1, 0.15) is 5.76 Å². The fraction of sp³-hybridized carbons (Fsp3) is 0.533. The Bertz CT molecular complexity index is 627. The van der Waals surface area contributed by atoms with Crippen LogP contribution in [0, 0.1) is 13.8 Å². The molecule has 0 radical (unpaired) electrons. The van der Waals surface area contributed by atoms with E-state index < -0.39 is 0 Å². The molecule has 0 saturated carbocycles. The van der Waals surface area contributed by atoms with Crippen molar-refractivity contribution >= 4 is 5.91 Å². The van der Waals surface area contributed by atoms with Crippen LogP contribution in [0.5, 0.6) is 0 Å². The van der Waals surface area contributed by atoms with Crippen LogP contribution in [0.15, 0.2) is 16.7 Å². The summed E-state index contributed by atoms with van der Waals surface area (Å²) in [4.78, 5) is 16.5. The molecule has 0 aliphatic rings. The molecule has 6 heteroatoms. The first-order valence-corrected chi connectivity index (χ1v) is 7.15. The van der Waals surface area contributed by atoms with Crippen LogP contribution in [0.1, 0.15) is 54.5 Å². The van der Waals surface area contributed by atoms with Gasteiger partial charge in [0.15, 0.2) is 11.6 Å². The SMILES string of the molecule is Cc1ccn(C[C@@H](C)NC(=O)c2nc(C(C)C)oc2C)n1. The van der Waals surface area contributed by atoms with E-state index in [1.807, 2.05) is 44.6 Å². The molecule has 1 N–H and O–H groups in total. The van der Waals surface area contributed by atoms with Gasteiger partial charge in [-0.15, -0.1) is 0 Å². The summed E-state index contributed by atoms with van der Waals surface area (Å²) in [6, 6.07) is 1.89. The Hall–Kier alpha value is -2.11. The average Bonchev–Trinajstić information content (AvgIpc) is 2.95. The van der Waals surface area contributed by atoms with Crippen LogP contribution in [0.2, 0.25) is 0 Å². The standard InChI is InChI=1S/C15H22N4O2/c1-9(2)15-17-13(12(5)21-15)14(20)16-11(4)8-19-7-6-10(3)18-19/h6-7,9,11H,8H2,1-5H3,(H,16,20)/t11-/m1/s1. The Morgan fingerprint density at radius 3 is 2.62 bits per heavy atom. The lowest BCUT2D eigenvalue weighted by Crippen LogP contribution is -2.36. The van der Waals surface area contributed by atoms with Gasteiger partial charge in [-0.25, -0.2) is 4.98 Å². The molecule has 0 aliphatic heterocycles. The van der Waals surface area contributed by atoms with E-state index in [0.29, 0.717) is 23.9 Å². The van der Waals surface area contributed by atoms with Crippen molar-refractivity contribution in [1.29, 1.82) is 0 Å². The Kier molecular flexibility index (Phi) is 4.45. The summed E-state index contributed by atoms with van der Waals surface area (Å²) in [7, 11) is 0. The van der Waals surface area contributed by atoms with Crippen molar-refractivity contribution < 1.29 is 9.21 Å². The van der Waals surface area contributed by atoms with E-state index in [-0.39, 0.29) is 17.9 Å². The number of oxazole rings is 1. The van der Waals surface area contributed by atoms with Crippen LogP contribution < -0.4 is 5.32 Å². The highest BCUT2D eigenvalue weighted by atomic mass is 16.4. The third-order valence-electron chi connectivity index (χ3n) is 3.13. The molecule has 0 aromatic carbocycles. The summed E-state index contributed by atoms with van der Waals surface area (Å²) in [5, 5.41) is 7.23. The maximum absolute atomic E-state index is 12.2. The van der Waals surface area contributed by atoms with Crippen LogP contribution in [-0.4, -0.2) is 26.7 Å². The molecule has 6 nitrogen and oxygen atoms in total. The van der Waals surface area contributed by atoms with E-state index in [1.54, 1.807) is 6.92 Å². The summed E-state index contributed by atoms with van der Waals surface area (Å²) < 4.78 is 7.33. The number of hydrogen-bond donors (Lipinski definition) is 1. The topological polar surface area (TPSA) is 73.0 Å². The first-order chi connectivity index (χ1) is 9.86. The summed E-state index contributed by atoms with van der Waals surface area (Å²) in [5.41, 5.74) is 1.32. The fourth-order valence-electron chi connectivity index (χ4n) is 2.06.